The zero-order valence-corrected chi connectivity index (χ0v) is 13.9. The number of nitrogens with zero attached hydrogens (tertiary/aromatic N) is 1. The average molecular weight is 423 g/mol. The first-order valence-electron chi connectivity index (χ1n) is 5.34. The van der Waals surface area contributed by atoms with Gasteiger partial charge in [-0.1, -0.05) is 20.8 Å². The molecule has 0 aliphatic heterocycles. The molecular weight excluding hydrogens is 411 g/mol. The number of rotatable bonds is 1. The lowest BCUT2D eigenvalue weighted by molar-refractivity contribution is 0.551. The fourth-order valence-corrected chi connectivity index (χ4v) is 2.98. The lowest BCUT2D eigenvalue weighted by Crippen LogP contribution is -2.24. The summed E-state index contributed by atoms with van der Waals surface area (Å²) in [5, 5.41) is 0. The molecule has 2 rings (SSSR count). The van der Waals surface area contributed by atoms with Gasteiger partial charge >= 0.3 is 0 Å². The van der Waals surface area contributed by atoms with Crippen LogP contribution in [0, 0.1) is 3.57 Å². The summed E-state index contributed by atoms with van der Waals surface area (Å²) in [7, 11) is 0. The fourth-order valence-electron chi connectivity index (χ4n) is 1.53. The van der Waals surface area contributed by atoms with Crippen LogP contribution in [0.1, 0.15) is 26.5 Å². The first kappa shape index (κ1) is 13.8. The van der Waals surface area contributed by atoms with E-state index >= 15 is 0 Å². The molecule has 0 bridgehead atoms. The maximum Gasteiger partial charge on any atom is 0.264 e. The normalized spacial score (nSPS) is 11.8. The standard InChI is InChI=1S/C12H12BrIN2O2/c1-12(2,3)9-7(14)11(17)16-10(15-9)8-6(13)4-5-18-8/h4-5H,1-3H3,(H,15,16,17). The summed E-state index contributed by atoms with van der Waals surface area (Å²) < 4.78 is 6.72. The summed E-state index contributed by atoms with van der Waals surface area (Å²) in [6.07, 6.45) is 1.55. The van der Waals surface area contributed by atoms with E-state index in [1.807, 2.05) is 43.4 Å². The van der Waals surface area contributed by atoms with Crippen LogP contribution in [0.25, 0.3) is 11.6 Å². The average Bonchev–Trinajstić information content (AvgIpc) is 2.66. The van der Waals surface area contributed by atoms with E-state index in [0.717, 1.165) is 10.2 Å². The Labute approximate surface area is 126 Å². The van der Waals surface area contributed by atoms with Gasteiger partial charge in [0.25, 0.3) is 5.56 Å². The fraction of sp³-hybridized carbons (Fsp3) is 0.333. The summed E-state index contributed by atoms with van der Waals surface area (Å²) in [6, 6.07) is 1.77. The molecule has 0 fully saturated rings. The van der Waals surface area contributed by atoms with Crippen LogP contribution in [0.5, 0.6) is 0 Å². The summed E-state index contributed by atoms with van der Waals surface area (Å²) in [5.74, 6) is 0.983. The number of hydrogen-bond acceptors (Lipinski definition) is 3. The third-order valence-electron chi connectivity index (χ3n) is 2.41. The highest BCUT2D eigenvalue weighted by Gasteiger charge is 2.23. The SMILES string of the molecule is CC(C)(C)c1nc(-c2occc2Br)[nH]c(=O)c1I. The summed E-state index contributed by atoms with van der Waals surface area (Å²) in [5.41, 5.74) is 0.428. The van der Waals surface area contributed by atoms with E-state index in [1.54, 1.807) is 12.3 Å². The number of aromatic nitrogens is 2. The molecule has 0 aliphatic carbocycles. The molecule has 2 heterocycles. The van der Waals surface area contributed by atoms with Gasteiger partial charge in [0.2, 0.25) is 0 Å². The lowest BCUT2D eigenvalue weighted by Gasteiger charge is -2.19. The number of H-pyrrole nitrogens is 1. The summed E-state index contributed by atoms with van der Waals surface area (Å²) in [4.78, 5) is 19.2. The zero-order valence-electron chi connectivity index (χ0n) is 10.2. The second-order valence-electron chi connectivity index (χ2n) is 4.92. The van der Waals surface area contributed by atoms with E-state index in [-0.39, 0.29) is 11.0 Å². The van der Waals surface area contributed by atoms with Gasteiger partial charge in [-0.3, -0.25) is 4.79 Å². The molecule has 0 saturated carbocycles. The molecule has 1 N–H and O–H groups in total. The number of aromatic amines is 1. The highest BCUT2D eigenvalue weighted by Crippen LogP contribution is 2.29. The second kappa shape index (κ2) is 4.80. The van der Waals surface area contributed by atoms with Crippen molar-refractivity contribution in [1.82, 2.24) is 9.97 Å². The van der Waals surface area contributed by atoms with Crippen LogP contribution in [0.4, 0.5) is 0 Å². The molecule has 0 saturated heterocycles. The number of nitrogens with one attached hydrogen (secondary N) is 1. The van der Waals surface area contributed by atoms with E-state index in [4.69, 9.17) is 4.42 Å². The Hall–Kier alpha value is -0.630. The van der Waals surface area contributed by atoms with Crippen molar-refractivity contribution in [2.45, 2.75) is 26.2 Å². The largest absolute Gasteiger partial charge is 0.460 e. The van der Waals surface area contributed by atoms with Crippen LogP contribution in [0.3, 0.4) is 0 Å². The van der Waals surface area contributed by atoms with Crippen molar-refractivity contribution in [2.24, 2.45) is 0 Å². The van der Waals surface area contributed by atoms with Crippen molar-refractivity contribution in [1.29, 1.82) is 0 Å². The molecule has 0 spiro atoms. The smallest absolute Gasteiger partial charge is 0.264 e. The molecular formula is C12H12BrIN2O2. The molecule has 0 amide bonds. The number of halogens is 2. The Balaban J connectivity index is 2.70. The maximum atomic E-state index is 12.0. The highest BCUT2D eigenvalue weighted by atomic mass is 127. The van der Waals surface area contributed by atoms with Gasteiger partial charge in [-0.05, 0) is 44.6 Å². The molecule has 4 nitrogen and oxygen atoms in total. The first-order valence-corrected chi connectivity index (χ1v) is 7.21. The van der Waals surface area contributed by atoms with Crippen molar-refractivity contribution in [3.8, 4) is 11.6 Å². The van der Waals surface area contributed by atoms with Crippen LogP contribution >= 0.6 is 38.5 Å². The van der Waals surface area contributed by atoms with E-state index in [0.29, 0.717) is 15.2 Å². The molecule has 2 aromatic heterocycles. The van der Waals surface area contributed by atoms with Gasteiger partial charge in [-0.2, -0.15) is 0 Å². The van der Waals surface area contributed by atoms with Crippen molar-refractivity contribution >= 4 is 38.5 Å². The molecule has 18 heavy (non-hydrogen) atoms. The van der Waals surface area contributed by atoms with Gasteiger partial charge in [0.05, 0.1) is 16.4 Å². The lowest BCUT2D eigenvalue weighted by atomic mass is 9.92. The van der Waals surface area contributed by atoms with E-state index in [2.05, 4.69) is 25.9 Å². The second-order valence-corrected chi connectivity index (χ2v) is 6.86. The van der Waals surface area contributed by atoms with Crippen LogP contribution in [0.15, 0.2) is 26.0 Å². The Morgan fingerprint density at radius 2 is 2.11 bits per heavy atom. The zero-order chi connectivity index (χ0) is 13.5. The Kier molecular flexibility index (Phi) is 3.68. The van der Waals surface area contributed by atoms with Gasteiger partial charge in [0.1, 0.15) is 3.57 Å². The van der Waals surface area contributed by atoms with Crippen molar-refractivity contribution < 1.29 is 4.42 Å². The van der Waals surface area contributed by atoms with Crippen molar-refractivity contribution in [3.63, 3.8) is 0 Å². The van der Waals surface area contributed by atoms with E-state index in [9.17, 15) is 4.79 Å². The van der Waals surface area contributed by atoms with Crippen LogP contribution in [-0.2, 0) is 5.41 Å². The van der Waals surface area contributed by atoms with E-state index in [1.165, 1.54) is 0 Å². The molecule has 0 radical (unpaired) electrons. The van der Waals surface area contributed by atoms with Crippen LogP contribution in [0.2, 0.25) is 0 Å². The van der Waals surface area contributed by atoms with Crippen molar-refractivity contribution in [2.75, 3.05) is 0 Å². The molecule has 0 unspecified atom stereocenters. The molecule has 0 atom stereocenters. The highest BCUT2D eigenvalue weighted by molar-refractivity contribution is 14.1. The maximum absolute atomic E-state index is 12.0. The van der Waals surface area contributed by atoms with Gasteiger partial charge in [-0.15, -0.1) is 0 Å². The predicted octanol–water partition coefficient (Wildman–Crippen LogP) is 3.69. The molecule has 0 aliphatic rings. The molecule has 96 valence electrons. The van der Waals surface area contributed by atoms with Gasteiger partial charge in [0, 0.05) is 5.41 Å². The minimum atomic E-state index is -0.196. The van der Waals surface area contributed by atoms with Crippen molar-refractivity contribution in [3.05, 3.63) is 36.4 Å². The minimum Gasteiger partial charge on any atom is -0.460 e. The topological polar surface area (TPSA) is 58.9 Å². The monoisotopic (exact) mass is 422 g/mol. The Bertz CT molecular complexity index is 640. The third kappa shape index (κ3) is 2.54. The quantitative estimate of drug-likeness (QED) is 0.713. The first-order chi connectivity index (χ1) is 8.30. The van der Waals surface area contributed by atoms with Gasteiger partial charge in [-0.25, -0.2) is 4.98 Å². The molecule has 6 heteroatoms. The molecule has 0 aromatic carbocycles. The van der Waals surface area contributed by atoms with Gasteiger partial charge in [0.15, 0.2) is 11.6 Å². The third-order valence-corrected chi connectivity index (χ3v) is 4.03. The van der Waals surface area contributed by atoms with Gasteiger partial charge < -0.3 is 9.40 Å². The van der Waals surface area contributed by atoms with Crippen LogP contribution in [-0.4, -0.2) is 9.97 Å². The van der Waals surface area contributed by atoms with Crippen LogP contribution < -0.4 is 5.56 Å². The number of furan rings is 1. The van der Waals surface area contributed by atoms with E-state index < -0.39 is 0 Å². The summed E-state index contributed by atoms with van der Waals surface area (Å²) in [6.45, 7) is 6.08. The number of hydrogen-bond donors (Lipinski definition) is 1. The Morgan fingerprint density at radius 1 is 1.44 bits per heavy atom. The predicted molar refractivity (Wildman–Crippen MR) is 81.7 cm³/mol. The Morgan fingerprint density at radius 3 is 2.61 bits per heavy atom. The summed E-state index contributed by atoms with van der Waals surface area (Å²) >= 11 is 5.39. The minimum absolute atomic E-state index is 0.145. The molecule has 2 aromatic rings.